The maximum atomic E-state index is 12.9. The Morgan fingerprint density at radius 2 is 0.470 bits per heavy atom. The summed E-state index contributed by atoms with van der Waals surface area (Å²) in [4.78, 5) is 38.5. The summed E-state index contributed by atoms with van der Waals surface area (Å²) in [5.74, 6) is -0.924. The number of ether oxygens (including phenoxy) is 3. The smallest absolute Gasteiger partial charge is 0.306 e. The van der Waals surface area contributed by atoms with Gasteiger partial charge in [-0.25, -0.2) is 0 Å². The molecule has 0 fully saturated rings. The number of rotatable bonds is 63. The third kappa shape index (κ3) is 68.5. The number of hydrogen-bond acceptors (Lipinski definition) is 6. The first-order valence-corrected chi connectivity index (χ1v) is 35.0. The summed E-state index contributed by atoms with van der Waals surface area (Å²) in [6, 6.07) is 0. The average Bonchev–Trinajstić information content (AvgIpc) is 3.50. The molecule has 0 N–H and O–H groups in total. The molecular formula is C77H130O6. The van der Waals surface area contributed by atoms with Crippen molar-refractivity contribution in [1.29, 1.82) is 0 Å². The Morgan fingerprint density at radius 3 is 0.771 bits per heavy atom. The molecule has 0 amide bonds. The summed E-state index contributed by atoms with van der Waals surface area (Å²) in [6.07, 6.45) is 97.8. The van der Waals surface area contributed by atoms with Crippen LogP contribution in [0, 0.1) is 0 Å². The van der Waals surface area contributed by atoms with Crippen molar-refractivity contribution in [3.05, 3.63) is 122 Å². The van der Waals surface area contributed by atoms with Crippen molar-refractivity contribution in [3.63, 3.8) is 0 Å². The van der Waals surface area contributed by atoms with Gasteiger partial charge in [0.15, 0.2) is 6.10 Å². The fourth-order valence-electron chi connectivity index (χ4n) is 9.68. The highest BCUT2D eigenvalue weighted by atomic mass is 16.6. The van der Waals surface area contributed by atoms with Gasteiger partial charge in [-0.1, -0.05) is 296 Å². The van der Waals surface area contributed by atoms with Gasteiger partial charge >= 0.3 is 17.9 Å². The van der Waals surface area contributed by atoms with Crippen molar-refractivity contribution < 1.29 is 28.6 Å². The van der Waals surface area contributed by atoms with E-state index in [1.165, 1.54) is 173 Å². The van der Waals surface area contributed by atoms with Gasteiger partial charge in [0.25, 0.3) is 0 Å². The largest absolute Gasteiger partial charge is 0.462 e. The third-order valence-electron chi connectivity index (χ3n) is 14.9. The first-order valence-electron chi connectivity index (χ1n) is 35.0. The van der Waals surface area contributed by atoms with E-state index in [1.54, 1.807) is 0 Å². The van der Waals surface area contributed by atoms with Gasteiger partial charge in [-0.3, -0.25) is 14.4 Å². The van der Waals surface area contributed by atoms with Crippen molar-refractivity contribution in [2.75, 3.05) is 13.2 Å². The van der Waals surface area contributed by atoms with E-state index in [4.69, 9.17) is 14.2 Å². The van der Waals surface area contributed by atoms with Crippen molar-refractivity contribution in [2.24, 2.45) is 0 Å². The van der Waals surface area contributed by atoms with Crippen molar-refractivity contribution in [2.45, 2.75) is 335 Å². The topological polar surface area (TPSA) is 78.9 Å². The minimum Gasteiger partial charge on any atom is -0.462 e. The maximum Gasteiger partial charge on any atom is 0.306 e. The van der Waals surface area contributed by atoms with E-state index in [0.29, 0.717) is 12.8 Å². The highest BCUT2D eigenvalue weighted by Crippen LogP contribution is 2.16. The minimum absolute atomic E-state index is 0.0951. The molecule has 0 heterocycles. The minimum atomic E-state index is -0.804. The molecule has 0 aromatic heterocycles. The van der Waals surface area contributed by atoms with Crippen molar-refractivity contribution >= 4 is 17.9 Å². The van der Waals surface area contributed by atoms with Crippen LogP contribution in [0.15, 0.2) is 122 Å². The van der Waals surface area contributed by atoms with Gasteiger partial charge < -0.3 is 14.2 Å². The second-order valence-corrected chi connectivity index (χ2v) is 23.1. The highest BCUT2D eigenvalue weighted by molar-refractivity contribution is 5.71. The molecule has 1 unspecified atom stereocenters. The van der Waals surface area contributed by atoms with E-state index in [0.717, 1.165) is 116 Å². The van der Waals surface area contributed by atoms with Crippen molar-refractivity contribution in [1.82, 2.24) is 0 Å². The predicted octanol–water partition coefficient (Wildman–Crippen LogP) is 24.3. The second kappa shape index (κ2) is 70.3. The molecule has 0 saturated carbocycles. The number of allylic oxidation sites excluding steroid dienone is 20. The second-order valence-electron chi connectivity index (χ2n) is 23.1. The van der Waals surface area contributed by atoms with E-state index < -0.39 is 6.10 Å². The van der Waals surface area contributed by atoms with Gasteiger partial charge in [0, 0.05) is 19.3 Å². The van der Waals surface area contributed by atoms with Crippen LogP contribution in [0.3, 0.4) is 0 Å². The lowest BCUT2D eigenvalue weighted by molar-refractivity contribution is -0.167. The molecule has 0 aromatic carbocycles. The average molecular weight is 1150 g/mol. The van der Waals surface area contributed by atoms with E-state index in [2.05, 4.69) is 142 Å². The number of carbonyl (C=O) groups is 3. The molecule has 0 spiro atoms. The third-order valence-corrected chi connectivity index (χ3v) is 14.9. The lowest BCUT2D eigenvalue weighted by Crippen LogP contribution is -2.30. The Hall–Kier alpha value is -4.19. The first kappa shape index (κ1) is 78.8. The SMILES string of the molecule is CC/C=C\C/C=C\C/C=C\C/C=C\C/C=C\CCCCCC(=O)OC(COC(=O)CCCCCCCCCCC/C=C\C/C=C\CCCCC)COC(=O)CCCCCCCCCCCCCC/C=C\C/C=C\C/C=C\CCCCCCC. The zero-order valence-corrected chi connectivity index (χ0v) is 54.4. The van der Waals surface area contributed by atoms with Gasteiger partial charge in [-0.15, -0.1) is 0 Å². The molecule has 0 bridgehead atoms. The molecule has 6 heteroatoms. The van der Waals surface area contributed by atoms with Crippen LogP contribution in [0.1, 0.15) is 329 Å². The fraction of sp³-hybridized carbons (Fsp3) is 0.701. The van der Waals surface area contributed by atoms with Crippen LogP contribution >= 0.6 is 0 Å². The summed E-state index contributed by atoms with van der Waals surface area (Å²) in [5, 5.41) is 0. The summed E-state index contributed by atoms with van der Waals surface area (Å²) in [5.41, 5.74) is 0. The first-order chi connectivity index (χ1) is 41.0. The Balaban J connectivity index is 4.40. The molecule has 474 valence electrons. The van der Waals surface area contributed by atoms with E-state index >= 15 is 0 Å². The van der Waals surface area contributed by atoms with Gasteiger partial charge in [0.05, 0.1) is 0 Å². The summed E-state index contributed by atoms with van der Waals surface area (Å²) in [7, 11) is 0. The van der Waals surface area contributed by atoms with E-state index in [1.807, 2.05) is 0 Å². The van der Waals surface area contributed by atoms with Crippen LogP contribution in [0.25, 0.3) is 0 Å². The molecule has 83 heavy (non-hydrogen) atoms. The van der Waals surface area contributed by atoms with Crippen LogP contribution < -0.4 is 0 Å². The monoisotopic (exact) mass is 1150 g/mol. The quantitative estimate of drug-likeness (QED) is 0.0261. The summed E-state index contributed by atoms with van der Waals surface area (Å²) >= 11 is 0. The molecule has 0 aromatic rings. The van der Waals surface area contributed by atoms with Crippen LogP contribution in [0.2, 0.25) is 0 Å². The van der Waals surface area contributed by atoms with Crippen LogP contribution in [-0.4, -0.2) is 37.2 Å². The molecular weight excluding hydrogens is 1020 g/mol. The number of esters is 3. The number of hydrogen-bond donors (Lipinski definition) is 0. The lowest BCUT2D eigenvalue weighted by atomic mass is 10.0. The zero-order valence-electron chi connectivity index (χ0n) is 54.4. The molecule has 6 nitrogen and oxygen atoms in total. The van der Waals surface area contributed by atoms with Crippen LogP contribution in [0.4, 0.5) is 0 Å². The Kier molecular flexibility index (Phi) is 66.7. The molecule has 0 aliphatic heterocycles. The molecule has 0 saturated heterocycles. The Bertz CT molecular complexity index is 1700. The summed E-state index contributed by atoms with van der Waals surface area (Å²) in [6.45, 7) is 6.49. The Labute approximate surface area is 513 Å². The van der Waals surface area contributed by atoms with Gasteiger partial charge in [0.2, 0.25) is 0 Å². The molecule has 0 rings (SSSR count). The molecule has 0 aliphatic rings. The fourth-order valence-corrected chi connectivity index (χ4v) is 9.68. The van der Waals surface area contributed by atoms with Crippen molar-refractivity contribution in [3.8, 4) is 0 Å². The van der Waals surface area contributed by atoms with Gasteiger partial charge in [-0.05, 0) is 135 Å². The number of carbonyl (C=O) groups excluding carboxylic acids is 3. The molecule has 0 aliphatic carbocycles. The maximum absolute atomic E-state index is 12.9. The summed E-state index contributed by atoms with van der Waals surface area (Å²) < 4.78 is 17.0. The van der Waals surface area contributed by atoms with Gasteiger partial charge in [0.1, 0.15) is 13.2 Å². The molecule has 1 atom stereocenters. The Morgan fingerprint density at radius 1 is 0.253 bits per heavy atom. The normalized spacial score (nSPS) is 12.9. The lowest BCUT2D eigenvalue weighted by Gasteiger charge is -2.18. The zero-order chi connectivity index (χ0) is 59.9. The standard InChI is InChI=1S/C77H130O6/c1-4-7-10-13-16-19-22-25-28-31-34-35-36-37-38-39-40-41-44-46-49-52-55-58-61-64-67-70-76(79)82-73-74(83-77(80)71-68-65-62-59-56-53-50-47-43-33-30-27-24-21-18-15-12-9-6-3)72-81-75(78)69-66-63-60-57-54-51-48-45-42-32-29-26-23-20-17-14-11-8-5-2/h9,12,17-18,20-22,25-27,29-31,34,36-37,43,47,53,56,74H,4-8,10-11,13-16,19,23-24,28,32-33,35,38-42,44-46,48-52,54-55,57-73H2,1-3H3/b12-9-,20-17-,21-18-,25-22-,29-26-,30-27-,34-31-,37-36-,47-43-,56-53-. The van der Waals surface area contributed by atoms with Gasteiger partial charge in [-0.2, -0.15) is 0 Å². The van der Waals surface area contributed by atoms with Crippen LogP contribution in [0.5, 0.6) is 0 Å². The van der Waals surface area contributed by atoms with E-state index in [9.17, 15) is 14.4 Å². The predicted molar refractivity (Wildman–Crippen MR) is 362 cm³/mol. The number of unbranched alkanes of at least 4 members (excludes halogenated alkanes) is 32. The van der Waals surface area contributed by atoms with E-state index in [-0.39, 0.29) is 37.5 Å². The van der Waals surface area contributed by atoms with Crippen LogP contribution in [-0.2, 0) is 28.6 Å². The highest BCUT2D eigenvalue weighted by Gasteiger charge is 2.19. The molecule has 0 radical (unpaired) electrons.